The smallest absolute Gasteiger partial charge is 0.408 e. The zero-order chi connectivity index (χ0) is 81.4. The van der Waals surface area contributed by atoms with Gasteiger partial charge in [0.1, 0.15) is 99.7 Å². The molecule has 0 saturated carbocycles. The number of aromatic nitrogens is 4. The molecule has 0 aliphatic carbocycles. The first-order chi connectivity index (χ1) is 53.4. The van der Waals surface area contributed by atoms with Crippen molar-refractivity contribution < 1.29 is 90.9 Å². The molecule has 2 aliphatic rings. The number of ether oxygens (including phenoxy) is 5. The lowest BCUT2D eigenvalue weighted by Gasteiger charge is -2.30. The van der Waals surface area contributed by atoms with Crippen LogP contribution in [-0.2, 0) is 43.8 Å². The van der Waals surface area contributed by atoms with E-state index in [1.165, 1.54) is 107 Å². The van der Waals surface area contributed by atoms with Crippen LogP contribution in [0.15, 0.2) is 154 Å². The van der Waals surface area contributed by atoms with Gasteiger partial charge in [-0.05, 0) is 154 Å². The molecule has 14 rings (SSSR count). The normalized spacial score (nSPS) is 14.4. The number of benzene rings is 6. The van der Waals surface area contributed by atoms with E-state index in [-0.39, 0.29) is 109 Å². The zero-order valence-electron chi connectivity index (χ0n) is 63.4. The number of hydrogen-bond acceptors (Lipinski definition) is 19. The van der Waals surface area contributed by atoms with Gasteiger partial charge in [0.05, 0.1) is 68.8 Å². The number of nitrogens with two attached hydrogens (primary N) is 1. The number of rotatable bonds is 19. The van der Waals surface area contributed by atoms with Crippen molar-refractivity contribution >= 4 is 105 Å². The number of alkyl carbamates (subject to hydrolysis) is 1. The zero-order valence-corrected chi connectivity index (χ0v) is 65.0. The number of carbonyl (C=O) groups is 5. The molecule has 32 heteroatoms. The minimum atomic E-state index is -3.87. The van der Waals surface area contributed by atoms with Gasteiger partial charge in [-0.3, -0.25) is 32.1 Å². The summed E-state index contributed by atoms with van der Waals surface area (Å²) in [6.45, 7) is 11.6. The number of nitrogens with one attached hydrogen (secondary N) is 3. The Hall–Kier alpha value is -12.3. The number of anilines is 2. The SMILES string of the molecule is CNC(=O)c1c(-c2ccc(F)cc2)oc2cc(N(C)S(C)(=O)=O)c(-c3ccc4c(n3)-c3cc5c(F)cccc5n3C(COC(=O)[C@@H](N)C(C)C)O4)cc12.CNC(=O)c1c(-c2ccc(F)cc2)oc2cc(N(C)S(C)(=O)=O)c(-c3ccc4c(n3)-c3cc5c(F)cccc5n3C(COC(=O)[C@@H](NC(=O)OC(C)(C)C)C(C)C)O4)cc12. The van der Waals surface area contributed by atoms with E-state index in [0.29, 0.717) is 61.3 Å². The summed E-state index contributed by atoms with van der Waals surface area (Å²) >= 11 is 0. The highest BCUT2D eigenvalue weighted by Gasteiger charge is 2.38. The number of carbonyl (C=O) groups excluding carboxylic acids is 5. The van der Waals surface area contributed by atoms with Crippen LogP contribution in [0.4, 0.5) is 33.7 Å². The number of sulfonamides is 2. The van der Waals surface area contributed by atoms with Crippen LogP contribution in [0.25, 0.3) is 112 Å². The Morgan fingerprint density at radius 3 is 1.34 bits per heavy atom. The van der Waals surface area contributed by atoms with Crippen LogP contribution in [0.2, 0.25) is 0 Å². The standard InChI is InChI=1S/C43H43F2N5O9S.C38H35F2N5O7S/c1-22(2)37(48-42(53)59-43(3,4)5)41(52)56-21-35-50-30-11-9-10-28(45)25(30)19-32(50)38-33(57-35)17-16-29(47-38)26-18-27-34(20-31(26)49(7)60(8,54)55)58-39(36(27)40(51)46-6)23-12-14-24(44)15-13-23;1-19(2)34(41)38(47)50-18-32-45-27-8-6-7-25(40)22(27)16-29(45)35-30(51-32)14-13-26(43-35)23-15-24-31(17-28(23)44(4)53(5,48)49)52-36(33(24)37(46)42-3)20-9-11-21(39)12-10-20/h9-20,22,35,37H,21H2,1-8H3,(H,46,51)(H,48,53);6-17,19,32,34H,18,41H2,1-5H3,(H,42,46)/t35?,37-;32?,34-/m00/s1. The lowest BCUT2D eigenvalue weighted by atomic mass is 10.0. The predicted octanol–water partition coefficient (Wildman–Crippen LogP) is 14.0. The van der Waals surface area contributed by atoms with Crippen LogP contribution in [0, 0.1) is 35.1 Å². The Morgan fingerprint density at radius 1 is 0.558 bits per heavy atom. The quantitative estimate of drug-likeness (QED) is 0.0332. The minimum Gasteiger partial charge on any atom is -0.464 e. The Kier molecular flexibility index (Phi) is 21.2. The van der Waals surface area contributed by atoms with E-state index in [1.54, 1.807) is 124 Å². The molecule has 0 saturated heterocycles. The average molecular weight is 1590 g/mol. The average Bonchev–Trinajstić information content (AvgIpc) is 1.62. The first-order valence-corrected chi connectivity index (χ1v) is 39.2. The summed E-state index contributed by atoms with van der Waals surface area (Å²) in [5.74, 6) is -4.00. The molecular formula is C81H78F4N10O16S2. The third kappa shape index (κ3) is 15.4. The molecule has 8 heterocycles. The molecule has 113 heavy (non-hydrogen) atoms. The van der Waals surface area contributed by atoms with Gasteiger partial charge in [0.2, 0.25) is 32.5 Å². The summed E-state index contributed by atoms with van der Waals surface area (Å²) in [7, 11) is -2.05. The first-order valence-electron chi connectivity index (χ1n) is 35.5. The van der Waals surface area contributed by atoms with Crippen LogP contribution in [-0.4, -0.2) is 137 Å². The summed E-state index contributed by atoms with van der Waals surface area (Å²) in [4.78, 5) is 75.4. The largest absolute Gasteiger partial charge is 0.464 e. The van der Waals surface area contributed by atoms with E-state index in [2.05, 4.69) is 16.0 Å². The van der Waals surface area contributed by atoms with E-state index in [1.807, 2.05) is 0 Å². The maximum Gasteiger partial charge on any atom is 0.408 e. The number of amides is 3. The molecule has 2 unspecified atom stereocenters. The highest BCUT2D eigenvalue weighted by Crippen LogP contribution is 2.49. The van der Waals surface area contributed by atoms with Gasteiger partial charge in [-0.1, -0.05) is 39.8 Å². The highest BCUT2D eigenvalue weighted by molar-refractivity contribution is 7.92. The van der Waals surface area contributed by atoms with Crippen LogP contribution in [0.3, 0.4) is 0 Å². The van der Waals surface area contributed by atoms with E-state index >= 15 is 8.78 Å². The van der Waals surface area contributed by atoms with Gasteiger partial charge >= 0.3 is 18.0 Å². The summed E-state index contributed by atoms with van der Waals surface area (Å²) in [5.41, 5.74) is 10.5. The number of nitrogens with zero attached hydrogens (tertiary/aromatic N) is 6. The Balaban J connectivity index is 0.000000199. The van der Waals surface area contributed by atoms with Crippen molar-refractivity contribution in [3.8, 4) is 79.4 Å². The molecule has 0 spiro atoms. The molecule has 4 atom stereocenters. The fourth-order valence-corrected chi connectivity index (χ4v) is 14.4. The Labute approximate surface area is 645 Å². The fraction of sp³-hybridized carbons (Fsp3) is 0.272. The maximum absolute atomic E-state index is 15.4. The molecule has 3 amide bonds. The lowest BCUT2D eigenvalue weighted by molar-refractivity contribution is -0.151. The van der Waals surface area contributed by atoms with Crippen molar-refractivity contribution in [1.29, 1.82) is 0 Å². The monoisotopic (exact) mass is 1590 g/mol. The number of pyridine rings is 2. The molecule has 6 aromatic carbocycles. The molecule has 0 fully saturated rings. The van der Waals surface area contributed by atoms with Crippen LogP contribution < -0.4 is 39.8 Å². The summed E-state index contributed by atoms with van der Waals surface area (Å²) < 4.78 is 158. The minimum absolute atomic E-state index is 0.129. The molecule has 26 nitrogen and oxygen atoms in total. The van der Waals surface area contributed by atoms with Crippen LogP contribution >= 0.6 is 0 Å². The van der Waals surface area contributed by atoms with Gasteiger partial charge in [0, 0.05) is 84.1 Å². The predicted molar refractivity (Wildman–Crippen MR) is 417 cm³/mol. The summed E-state index contributed by atoms with van der Waals surface area (Å²) in [6, 6.07) is 33.9. The topological polar surface area (TPSA) is 330 Å². The molecule has 0 bridgehead atoms. The van der Waals surface area contributed by atoms with Crippen LogP contribution in [0.1, 0.15) is 81.6 Å². The van der Waals surface area contributed by atoms with Crippen molar-refractivity contribution in [2.75, 3.05) is 62.5 Å². The Morgan fingerprint density at radius 2 is 0.965 bits per heavy atom. The number of halogens is 4. The molecule has 0 radical (unpaired) electrons. The van der Waals surface area contributed by atoms with Crippen molar-refractivity contribution in [1.82, 2.24) is 35.1 Å². The fourth-order valence-electron chi connectivity index (χ4n) is 13.3. The molecule has 6 aromatic heterocycles. The number of hydrogen-bond donors (Lipinski definition) is 4. The number of furan rings is 2. The molecule has 5 N–H and O–H groups in total. The van der Waals surface area contributed by atoms with Gasteiger partial charge in [0.15, 0.2) is 0 Å². The van der Waals surface area contributed by atoms with Gasteiger partial charge in [0.25, 0.3) is 11.8 Å². The molecule has 12 aromatic rings. The van der Waals surface area contributed by atoms with Crippen LogP contribution in [0.5, 0.6) is 11.5 Å². The van der Waals surface area contributed by atoms with Gasteiger partial charge in [-0.15, -0.1) is 0 Å². The number of esters is 2. The second kappa shape index (κ2) is 30.4. The molecule has 588 valence electrons. The lowest BCUT2D eigenvalue weighted by Crippen LogP contribution is -2.47. The van der Waals surface area contributed by atoms with E-state index in [4.69, 9.17) is 48.2 Å². The number of fused-ring (bicyclic) bond motifs is 12. The third-order valence-corrected chi connectivity index (χ3v) is 21.6. The maximum atomic E-state index is 15.4. The molecule has 2 aliphatic heterocycles. The van der Waals surface area contributed by atoms with Crippen molar-refractivity contribution in [3.05, 3.63) is 180 Å². The van der Waals surface area contributed by atoms with Gasteiger partial charge in [-0.25, -0.2) is 54.0 Å². The Bertz CT molecular complexity index is 6080. The highest BCUT2D eigenvalue weighted by atomic mass is 32.2. The third-order valence-electron chi connectivity index (χ3n) is 19.2. The second-order valence-corrected chi connectivity index (χ2v) is 32.8. The summed E-state index contributed by atoms with van der Waals surface area (Å²) in [6.07, 6.45) is -0.610. The first kappa shape index (κ1) is 78.8. The summed E-state index contributed by atoms with van der Waals surface area (Å²) in [5, 5.41) is 9.01. The van der Waals surface area contributed by atoms with Crippen molar-refractivity contribution in [3.63, 3.8) is 0 Å². The van der Waals surface area contributed by atoms with E-state index in [0.717, 1.165) is 21.1 Å². The van der Waals surface area contributed by atoms with Gasteiger partial charge < -0.3 is 54.2 Å². The second-order valence-electron chi connectivity index (χ2n) is 28.8. The van der Waals surface area contributed by atoms with E-state index < -0.39 is 103 Å². The molecular weight excluding hydrogens is 1510 g/mol. The van der Waals surface area contributed by atoms with E-state index in [9.17, 15) is 49.6 Å². The van der Waals surface area contributed by atoms with Crippen molar-refractivity contribution in [2.24, 2.45) is 17.6 Å². The van der Waals surface area contributed by atoms with Gasteiger partial charge in [-0.2, -0.15) is 0 Å². The van der Waals surface area contributed by atoms with Crippen molar-refractivity contribution in [2.45, 2.75) is 78.6 Å².